The van der Waals surface area contributed by atoms with Crippen LogP contribution in [0.1, 0.15) is 5.56 Å². The molecule has 2 aromatic heterocycles. The van der Waals surface area contributed by atoms with Gasteiger partial charge in [0.25, 0.3) is 5.91 Å². The van der Waals surface area contributed by atoms with Crippen molar-refractivity contribution in [3.05, 3.63) is 77.7 Å². The summed E-state index contributed by atoms with van der Waals surface area (Å²) >= 11 is 2.55. The second-order valence-corrected chi connectivity index (χ2v) is 7.70. The molecule has 3 heterocycles. The highest BCUT2D eigenvalue weighted by atomic mass is 32.2. The van der Waals surface area contributed by atoms with Gasteiger partial charge in [-0.25, -0.2) is 9.98 Å². The number of thiazole rings is 1. The molecule has 0 atom stereocenters. The number of para-hydroxylation sites is 1. The van der Waals surface area contributed by atoms with Gasteiger partial charge in [-0.15, -0.1) is 11.3 Å². The summed E-state index contributed by atoms with van der Waals surface area (Å²) in [6.45, 7) is 0. The van der Waals surface area contributed by atoms with Crippen LogP contribution >= 0.6 is 23.1 Å². The van der Waals surface area contributed by atoms with Gasteiger partial charge < -0.3 is 5.32 Å². The molecule has 0 unspecified atom stereocenters. The fourth-order valence-corrected chi connectivity index (χ4v) is 3.95. The molecule has 1 N–H and O–H groups in total. The molecule has 3 aromatic rings. The Morgan fingerprint density at radius 1 is 1.17 bits per heavy atom. The summed E-state index contributed by atoms with van der Waals surface area (Å²) in [6, 6.07) is 12.9. The molecule has 0 bridgehead atoms. The molecule has 4 rings (SSSR count). The summed E-state index contributed by atoms with van der Waals surface area (Å²) in [6.07, 6.45) is 6.64. The number of amides is 2. The molecule has 9 heteroatoms. The molecular formula is C20H15N5O2S2. The number of aliphatic imine (C=N–C) groups is 1. The van der Waals surface area contributed by atoms with E-state index in [4.69, 9.17) is 0 Å². The van der Waals surface area contributed by atoms with Gasteiger partial charge in [-0.05, 0) is 29.8 Å². The van der Waals surface area contributed by atoms with Crippen LogP contribution in [0.15, 0.2) is 77.1 Å². The van der Waals surface area contributed by atoms with E-state index in [0.717, 1.165) is 5.56 Å². The summed E-state index contributed by atoms with van der Waals surface area (Å²) in [5.74, 6) is -0.351. The number of hydrogen-bond acceptors (Lipinski definition) is 7. The van der Waals surface area contributed by atoms with Crippen molar-refractivity contribution in [2.24, 2.45) is 4.99 Å². The summed E-state index contributed by atoms with van der Waals surface area (Å²) in [5, 5.41) is 5.50. The fraction of sp³-hybridized carbons (Fsp3) is 0.0500. The van der Waals surface area contributed by atoms with Crippen molar-refractivity contribution < 1.29 is 9.59 Å². The lowest BCUT2D eigenvalue weighted by Crippen LogP contribution is -2.31. The zero-order valence-corrected chi connectivity index (χ0v) is 16.7. The van der Waals surface area contributed by atoms with E-state index in [2.05, 4.69) is 20.3 Å². The van der Waals surface area contributed by atoms with Gasteiger partial charge in [0.15, 0.2) is 10.3 Å². The van der Waals surface area contributed by atoms with E-state index in [-0.39, 0.29) is 17.6 Å². The Morgan fingerprint density at radius 2 is 2.03 bits per heavy atom. The largest absolute Gasteiger partial charge is 0.301 e. The number of amidine groups is 1. The minimum absolute atomic E-state index is 0.106. The van der Waals surface area contributed by atoms with Gasteiger partial charge in [0.05, 0.1) is 11.4 Å². The summed E-state index contributed by atoms with van der Waals surface area (Å²) in [4.78, 5) is 39.3. The monoisotopic (exact) mass is 421 g/mol. The number of carbonyl (C=O) groups is 2. The van der Waals surface area contributed by atoms with Crippen molar-refractivity contribution in [2.45, 2.75) is 0 Å². The lowest BCUT2D eigenvalue weighted by atomic mass is 10.2. The van der Waals surface area contributed by atoms with E-state index in [0.29, 0.717) is 21.7 Å². The third-order valence-corrected chi connectivity index (χ3v) is 5.47. The van der Waals surface area contributed by atoms with Crippen molar-refractivity contribution in [1.82, 2.24) is 9.97 Å². The second-order valence-electron chi connectivity index (χ2n) is 5.86. The average Bonchev–Trinajstić information content (AvgIpc) is 3.36. The molecule has 7 nitrogen and oxygen atoms in total. The predicted octanol–water partition coefficient (Wildman–Crippen LogP) is 3.65. The highest BCUT2D eigenvalue weighted by Crippen LogP contribution is 2.29. The summed E-state index contributed by atoms with van der Waals surface area (Å²) in [5.41, 5.74) is 1.77. The van der Waals surface area contributed by atoms with Gasteiger partial charge in [-0.2, -0.15) is 0 Å². The minimum atomic E-state index is -0.247. The number of nitrogens with one attached hydrogen (secondary N) is 1. The van der Waals surface area contributed by atoms with Crippen molar-refractivity contribution in [3.8, 4) is 0 Å². The number of rotatable bonds is 5. The molecule has 0 spiro atoms. The Bertz CT molecular complexity index is 1070. The maximum Gasteiger partial charge on any atom is 0.283 e. The molecule has 0 saturated carbocycles. The molecule has 0 saturated heterocycles. The van der Waals surface area contributed by atoms with Gasteiger partial charge in [-0.1, -0.05) is 36.0 Å². The van der Waals surface area contributed by atoms with Crippen molar-refractivity contribution in [3.63, 3.8) is 0 Å². The Labute approximate surface area is 175 Å². The van der Waals surface area contributed by atoms with Crippen LogP contribution in [0, 0.1) is 0 Å². The number of pyridine rings is 1. The van der Waals surface area contributed by atoms with E-state index < -0.39 is 0 Å². The zero-order chi connectivity index (χ0) is 20.1. The number of thioether (sulfide) groups is 1. The number of nitrogens with zero attached hydrogens (tertiary/aromatic N) is 4. The molecule has 2 amide bonds. The van der Waals surface area contributed by atoms with Crippen LogP contribution in [-0.4, -0.2) is 32.7 Å². The first-order valence-corrected chi connectivity index (χ1v) is 10.5. The maximum atomic E-state index is 13.0. The van der Waals surface area contributed by atoms with E-state index >= 15 is 0 Å². The molecular weight excluding hydrogens is 406 g/mol. The summed E-state index contributed by atoms with van der Waals surface area (Å²) in [7, 11) is 0. The molecule has 144 valence electrons. The first-order valence-electron chi connectivity index (χ1n) is 8.63. The predicted molar refractivity (Wildman–Crippen MR) is 117 cm³/mol. The quantitative estimate of drug-likeness (QED) is 0.636. The topological polar surface area (TPSA) is 87.5 Å². The highest BCUT2D eigenvalue weighted by Gasteiger charge is 2.32. The Morgan fingerprint density at radius 3 is 2.76 bits per heavy atom. The number of anilines is 2. The van der Waals surface area contributed by atoms with Crippen LogP contribution in [0.3, 0.4) is 0 Å². The number of carbonyl (C=O) groups excluding carboxylic acids is 2. The van der Waals surface area contributed by atoms with Gasteiger partial charge in [0.2, 0.25) is 5.91 Å². The lowest BCUT2D eigenvalue weighted by molar-refractivity contribution is -0.114. The van der Waals surface area contributed by atoms with Gasteiger partial charge in [0, 0.05) is 24.0 Å². The van der Waals surface area contributed by atoms with E-state index in [1.165, 1.54) is 28.0 Å². The molecule has 1 aromatic carbocycles. The van der Waals surface area contributed by atoms with Crippen LogP contribution in [0.25, 0.3) is 6.08 Å². The van der Waals surface area contributed by atoms with Gasteiger partial charge >= 0.3 is 0 Å². The number of benzene rings is 1. The molecule has 1 aliphatic rings. The average molecular weight is 422 g/mol. The third kappa shape index (κ3) is 4.58. The van der Waals surface area contributed by atoms with Crippen molar-refractivity contribution >= 4 is 57.0 Å². The Balaban J connectivity index is 1.56. The molecule has 29 heavy (non-hydrogen) atoms. The Hall–Kier alpha value is -3.30. The highest BCUT2D eigenvalue weighted by molar-refractivity contribution is 8.14. The number of hydrogen-bond donors (Lipinski definition) is 1. The molecule has 0 radical (unpaired) electrons. The second kappa shape index (κ2) is 8.80. The smallest absolute Gasteiger partial charge is 0.283 e. The fourth-order valence-electron chi connectivity index (χ4n) is 2.59. The first-order chi connectivity index (χ1) is 14.2. The normalized spacial score (nSPS) is 14.9. The molecule has 0 fully saturated rings. The molecule has 1 aliphatic heterocycles. The Kier molecular flexibility index (Phi) is 5.78. The van der Waals surface area contributed by atoms with Gasteiger partial charge in [-0.3, -0.25) is 19.5 Å². The summed E-state index contributed by atoms with van der Waals surface area (Å²) < 4.78 is 0. The van der Waals surface area contributed by atoms with Crippen LogP contribution < -0.4 is 10.2 Å². The van der Waals surface area contributed by atoms with E-state index in [1.54, 1.807) is 36.1 Å². The van der Waals surface area contributed by atoms with E-state index in [9.17, 15) is 9.59 Å². The van der Waals surface area contributed by atoms with Crippen LogP contribution in [0.4, 0.5) is 10.8 Å². The number of aromatic nitrogens is 2. The van der Waals surface area contributed by atoms with E-state index in [1.807, 2.05) is 36.4 Å². The van der Waals surface area contributed by atoms with Crippen molar-refractivity contribution in [2.75, 3.05) is 16.0 Å². The van der Waals surface area contributed by atoms with Gasteiger partial charge in [0.1, 0.15) is 5.70 Å². The van der Waals surface area contributed by atoms with Crippen molar-refractivity contribution in [1.29, 1.82) is 0 Å². The SMILES string of the molecule is O=C(CSC1=N/C(=C/c2cccnc2)C(=O)N1c1ccccc1)Nc1nccs1. The van der Waals surface area contributed by atoms with Crippen LogP contribution in [0.2, 0.25) is 0 Å². The standard InChI is InChI=1S/C20H15N5O2S2/c26-17(24-19-22-9-10-28-19)13-29-20-23-16(11-14-5-4-8-21-12-14)18(27)25(20)15-6-2-1-3-7-15/h1-12H,13H2,(H,22,24,26)/b16-11+. The third-order valence-electron chi connectivity index (χ3n) is 3.84. The maximum absolute atomic E-state index is 13.0. The van der Waals surface area contributed by atoms with Crippen LogP contribution in [-0.2, 0) is 9.59 Å². The lowest BCUT2D eigenvalue weighted by Gasteiger charge is -2.17. The van der Waals surface area contributed by atoms with Crippen LogP contribution in [0.5, 0.6) is 0 Å². The minimum Gasteiger partial charge on any atom is -0.301 e. The first kappa shape index (κ1) is 19.0. The molecule has 0 aliphatic carbocycles. The zero-order valence-electron chi connectivity index (χ0n) is 15.1.